The number of hydrogen-bond donors (Lipinski definition) is 4. The molecule has 0 saturated carbocycles. The maximum absolute atomic E-state index is 13.2. The number of rotatable bonds is 10. The van der Waals surface area contributed by atoms with Crippen molar-refractivity contribution < 1.29 is 32.6 Å². The normalized spacial score (nSPS) is 12.1. The van der Waals surface area contributed by atoms with Gasteiger partial charge in [0.05, 0.1) is 35.9 Å². The van der Waals surface area contributed by atoms with Crippen molar-refractivity contribution in [3.63, 3.8) is 0 Å². The summed E-state index contributed by atoms with van der Waals surface area (Å²) in [5, 5.41) is 17.4. The van der Waals surface area contributed by atoms with E-state index in [2.05, 4.69) is 16.0 Å². The molecule has 0 radical (unpaired) electrons. The molecule has 7 nitrogen and oxygen atoms in total. The van der Waals surface area contributed by atoms with Gasteiger partial charge in [-0.05, 0) is 35.9 Å². The second-order valence-corrected chi connectivity index (χ2v) is 6.87. The van der Waals surface area contributed by atoms with Crippen molar-refractivity contribution in [2.45, 2.75) is 18.8 Å². The highest BCUT2D eigenvalue weighted by molar-refractivity contribution is 6.32. The third-order valence-corrected chi connectivity index (χ3v) is 4.58. The number of carbonyl (C=O) groups excluding carboxylic acids is 2. The smallest absolute Gasteiger partial charge is 0.416 e. The molecule has 0 fully saturated rings. The van der Waals surface area contributed by atoms with Crippen LogP contribution in [-0.4, -0.2) is 43.7 Å². The molecule has 0 saturated heterocycles. The van der Waals surface area contributed by atoms with E-state index in [-0.39, 0.29) is 24.3 Å². The van der Waals surface area contributed by atoms with Crippen LogP contribution >= 0.6 is 11.6 Å². The monoisotopic (exact) mass is 459 g/mol. The molecule has 168 valence electrons. The lowest BCUT2D eigenvalue weighted by atomic mass is 10.1. The van der Waals surface area contributed by atoms with Crippen LogP contribution in [0.15, 0.2) is 36.4 Å². The summed E-state index contributed by atoms with van der Waals surface area (Å²) in [6, 6.07) is 6.76. The van der Waals surface area contributed by atoms with E-state index in [0.29, 0.717) is 22.7 Å². The summed E-state index contributed by atoms with van der Waals surface area (Å²) in [5.74, 6) is -0.319. The third kappa shape index (κ3) is 6.76. The second kappa shape index (κ2) is 10.9. The Morgan fingerprint density at radius 1 is 1.26 bits per heavy atom. The van der Waals surface area contributed by atoms with E-state index in [4.69, 9.17) is 16.3 Å². The average molecular weight is 460 g/mol. The highest BCUT2D eigenvalue weighted by atomic mass is 35.5. The van der Waals surface area contributed by atoms with Gasteiger partial charge in [0.25, 0.3) is 5.91 Å². The van der Waals surface area contributed by atoms with Gasteiger partial charge in [0.15, 0.2) is 0 Å². The maximum Gasteiger partial charge on any atom is 0.416 e. The van der Waals surface area contributed by atoms with Crippen molar-refractivity contribution in [1.82, 2.24) is 10.6 Å². The SMILES string of the molecule is COc1ccc(CNC(=O)c2cc(C(F)(F)F)ccc2N[C@H](CO)CNC=O)cc1Cl. The van der Waals surface area contributed by atoms with Gasteiger partial charge in [-0.2, -0.15) is 13.2 Å². The molecule has 0 aliphatic rings. The Kier molecular flexibility index (Phi) is 8.52. The minimum atomic E-state index is -4.65. The number of ether oxygens (including phenoxy) is 1. The minimum absolute atomic E-state index is 0.00638. The Balaban J connectivity index is 2.26. The number of carbonyl (C=O) groups is 2. The van der Waals surface area contributed by atoms with Gasteiger partial charge in [0.1, 0.15) is 5.75 Å². The van der Waals surface area contributed by atoms with Crippen LogP contribution in [0.3, 0.4) is 0 Å². The summed E-state index contributed by atoms with van der Waals surface area (Å²) >= 11 is 6.05. The predicted octanol–water partition coefficient (Wildman–Crippen LogP) is 2.82. The molecule has 0 aliphatic heterocycles. The van der Waals surface area contributed by atoms with E-state index < -0.39 is 30.3 Å². The molecule has 4 N–H and O–H groups in total. The van der Waals surface area contributed by atoms with Crippen LogP contribution in [0.1, 0.15) is 21.5 Å². The summed E-state index contributed by atoms with van der Waals surface area (Å²) in [5.41, 5.74) is -0.574. The average Bonchev–Trinajstić information content (AvgIpc) is 2.74. The first kappa shape index (κ1) is 24.3. The molecule has 2 aromatic carbocycles. The van der Waals surface area contributed by atoms with Gasteiger partial charge in [-0.1, -0.05) is 17.7 Å². The molecule has 0 bridgehead atoms. The number of halogens is 4. The van der Waals surface area contributed by atoms with E-state index in [1.165, 1.54) is 7.11 Å². The molecule has 0 heterocycles. The molecule has 2 amide bonds. The zero-order chi connectivity index (χ0) is 23.0. The van der Waals surface area contributed by atoms with Gasteiger partial charge in [-0.3, -0.25) is 9.59 Å². The zero-order valence-corrected chi connectivity index (χ0v) is 17.2. The molecule has 0 aliphatic carbocycles. The molecule has 2 rings (SSSR count). The molecule has 31 heavy (non-hydrogen) atoms. The maximum atomic E-state index is 13.2. The summed E-state index contributed by atoms with van der Waals surface area (Å²) in [4.78, 5) is 23.2. The number of aliphatic hydroxyl groups is 1. The van der Waals surface area contributed by atoms with Gasteiger partial charge >= 0.3 is 6.18 Å². The first-order chi connectivity index (χ1) is 14.7. The fourth-order valence-electron chi connectivity index (χ4n) is 2.70. The lowest BCUT2D eigenvalue weighted by Crippen LogP contribution is -2.36. The molecule has 0 aromatic heterocycles. The largest absolute Gasteiger partial charge is 0.495 e. The first-order valence-corrected chi connectivity index (χ1v) is 9.43. The minimum Gasteiger partial charge on any atom is -0.495 e. The van der Waals surface area contributed by atoms with E-state index >= 15 is 0 Å². The molecule has 2 aromatic rings. The highest BCUT2D eigenvalue weighted by Gasteiger charge is 2.32. The van der Waals surface area contributed by atoms with Gasteiger partial charge in [0, 0.05) is 18.8 Å². The summed E-state index contributed by atoms with van der Waals surface area (Å²) in [6.07, 6.45) is -4.22. The standard InChI is InChI=1S/C20H21ClF3N3O4/c1-31-18-5-2-12(6-16(18)21)8-26-19(30)15-7-13(20(22,23)24)3-4-17(15)27-14(10-28)9-25-11-29/h2-7,11,14,27-28H,8-10H2,1H3,(H,25,29)(H,26,30)/t14-/m0/s1. The van der Waals surface area contributed by atoms with Crippen molar-refractivity contribution >= 4 is 29.6 Å². The lowest BCUT2D eigenvalue weighted by molar-refractivity contribution is -0.137. The van der Waals surface area contributed by atoms with E-state index in [1.807, 2.05) is 0 Å². The Labute approximate surface area is 181 Å². The highest BCUT2D eigenvalue weighted by Crippen LogP contribution is 2.32. The van der Waals surface area contributed by atoms with Gasteiger partial charge in [0.2, 0.25) is 6.41 Å². The fourth-order valence-corrected chi connectivity index (χ4v) is 2.98. The molecule has 0 unspecified atom stereocenters. The fraction of sp³-hybridized carbons (Fsp3) is 0.300. The van der Waals surface area contributed by atoms with Crippen LogP contribution < -0.4 is 20.7 Å². The number of anilines is 1. The zero-order valence-electron chi connectivity index (χ0n) is 16.4. The van der Waals surface area contributed by atoms with Crippen molar-refractivity contribution in [3.8, 4) is 5.75 Å². The van der Waals surface area contributed by atoms with Gasteiger partial charge in [-0.25, -0.2) is 0 Å². The first-order valence-electron chi connectivity index (χ1n) is 9.05. The number of nitrogens with one attached hydrogen (secondary N) is 3. The Morgan fingerprint density at radius 2 is 2.00 bits per heavy atom. The Hall–Kier alpha value is -2.98. The van der Waals surface area contributed by atoms with Crippen molar-refractivity contribution in [3.05, 3.63) is 58.1 Å². The molecular weight excluding hydrogens is 439 g/mol. The van der Waals surface area contributed by atoms with Crippen molar-refractivity contribution in [2.24, 2.45) is 0 Å². The number of methoxy groups -OCH3 is 1. The predicted molar refractivity (Wildman–Crippen MR) is 109 cm³/mol. The van der Waals surface area contributed by atoms with Crippen LogP contribution in [-0.2, 0) is 17.5 Å². The van der Waals surface area contributed by atoms with Gasteiger partial charge < -0.3 is 25.8 Å². The molecule has 0 spiro atoms. The van der Waals surface area contributed by atoms with Crippen molar-refractivity contribution in [2.75, 3.05) is 25.6 Å². The van der Waals surface area contributed by atoms with Crippen LogP contribution in [0.4, 0.5) is 18.9 Å². The lowest BCUT2D eigenvalue weighted by Gasteiger charge is -2.20. The second-order valence-electron chi connectivity index (χ2n) is 6.46. The number of amides is 2. The van der Waals surface area contributed by atoms with Crippen molar-refractivity contribution in [1.29, 1.82) is 0 Å². The van der Waals surface area contributed by atoms with Crippen LogP contribution in [0.5, 0.6) is 5.75 Å². The van der Waals surface area contributed by atoms with Crippen LogP contribution in [0.25, 0.3) is 0 Å². The van der Waals surface area contributed by atoms with E-state index in [1.54, 1.807) is 18.2 Å². The molecule has 11 heteroatoms. The quantitative estimate of drug-likeness (QED) is 0.409. The number of benzene rings is 2. The third-order valence-electron chi connectivity index (χ3n) is 4.29. The number of aliphatic hydroxyl groups excluding tert-OH is 1. The van der Waals surface area contributed by atoms with E-state index in [0.717, 1.165) is 18.2 Å². The topological polar surface area (TPSA) is 99.7 Å². The Bertz CT molecular complexity index is 925. The number of hydrogen-bond acceptors (Lipinski definition) is 5. The number of alkyl halides is 3. The molecule has 1 atom stereocenters. The van der Waals surface area contributed by atoms with Gasteiger partial charge in [-0.15, -0.1) is 0 Å². The summed E-state index contributed by atoms with van der Waals surface area (Å²) in [7, 11) is 1.45. The summed E-state index contributed by atoms with van der Waals surface area (Å²) in [6.45, 7) is -0.409. The van der Waals surface area contributed by atoms with E-state index in [9.17, 15) is 27.9 Å². The Morgan fingerprint density at radius 3 is 2.58 bits per heavy atom. The summed E-state index contributed by atoms with van der Waals surface area (Å²) < 4.78 is 44.5. The van der Waals surface area contributed by atoms with Crippen LogP contribution in [0, 0.1) is 0 Å². The van der Waals surface area contributed by atoms with Crippen LogP contribution in [0.2, 0.25) is 5.02 Å². The molecular formula is C20H21ClF3N3O4.